The molecule has 0 saturated carbocycles. The van der Waals surface area contributed by atoms with Gasteiger partial charge in [0, 0.05) is 160 Å². The molecule has 6 N–H and O–H groups in total. The zero-order valence-corrected chi connectivity index (χ0v) is 79.0. The van der Waals surface area contributed by atoms with Crippen molar-refractivity contribution in [3.8, 4) is 83.5 Å². The number of carbonyl (C=O) groups excluding carboxylic acids is 6. The summed E-state index contributed by atoms with van der Waals surface area (Å²) in [5.41, 5.74) is 14.7. The van der Waals surface area contributed by atoms with Crippen LogP contribution in [0.3, 0.4) is 0 Å². The zero-order chi connectivity index (χ0) is 102. The molecule has 0 bridgehead atoms. The monoisotopic (exact) mass is 1930 g/mol. The minimum atomic E-state index is -0.333. The van der Waals surface area contributed by atoms with Crippen LogP contribution in [0.25, 0.3) is 0 Å². The number of anilines is 10. The van der Waals surface area contributed by atoms with E-state index in [1.807, 2.05) is 150 Å². The molecule has 0 spiro atoms. The number of hydrogen-bond donors (Lipinski definition) is 6. The first-order valence-corrected chi connectivity index (χ1v) is 44.1. The van der Waals surface area contributed by atoms with E-state index in [1.165, 1.54) is 56.0 Å². The first kappa shape index (κ1) is 104. The maximum absolute atomic E-state index is 12.4. The van der Waals surface area contributed by atoms with Crippen molar-refractivity contribution in [2.45, 2.75) is 42.0 Å². The molecule has 6 aromatic carbocycles. The number of aromatic nitrogens is 16. The molecule has 0 aliphatic carbocycles. The molecule has 12 heterocycles. The van der Waals surface area contributed by atoms with Gasteiger partial charge in [-0.1, -0.05) is 96.5 Å². The summed E-state index contributed by atoms with van der Waals surface area (Å²) in [5.74, 6) is 10.9. The summed E-state index contributed by atoms with van der Waals surface area (Å²) in [4.78, 5) is 143. The van der Waals surface area contributed by atoms with Gasteiger partial charge in [-0.05, 0) is 198 Å². The molecule has 146 heavy (non-hydrogen) atoms. The molecule has 722 valence electrons. The van der Waals surface area contributed by atoms with Crippen LogP contribution in [0.1, 0.15) is 114 Å². The zero-order valence-electron chi connectivity index (χ0n) is 79.0. The predicted octanol–water partition coefficient (Wildman–Crippen LogP) is 20.8. The maximum atomic E-state index is 12.4. The van der Waals surface area contributed by atoms with Crippen molar-refractivity contribution in [3.63, 3.8) is 0 Å². The van der Waals surface area contributed by atoms with Crippen LogP contribution in [0.5, 0.6) is 46.5 Å². The minimum absolute atomic E-state index is 0. The Bertz CT molecular complexity index is 7640. The van der Waals surface area contributed by atoms with Crippen molar-refractivity contribution in [1.82, 2.24) is 79.7 Å². The average Bonchev–Trinajstić information content (AvgIpc) is 0.850. The molecule has 34 heteroatoms. The fourth-order valence-corrected chi connectivity index (χ4v) is 12.7. The standard InChI is InChI=1S/C19H15N5O.C19H14N4O2.C19H18N4O.C18H16N4O2.C18H12N4O2.C18H15N3O2.CH4/c1-3-14-5-4-6-15(9-14)19(25)23-18-10-16(7-8-22-18)24(2)17-11-20-13-21-12-17;1-3-14-5-4-6-15(9-14)19(24)23-17-11-20-12-18(22-17)25-16-8-7-13(2)21-10-16;1-14-5-3-6-15(11-14)19(24)22-18-12-16(8-10-21-18)23(2)17-7-4-9-20-13-17;1-12-4-3-5-14(8-12)18(23)22-16-10-19-11-17(21-16)24-15-7-6-13(2)20-9-15;1-2-13-4-3-5-14(8-13)18(23)22-15-6-7-21-17(9-15)24-16-10-19-12-20-11-16;1-13-4-2-5-14(10-13)18(22)21-15-7-9-20-17(11-15)23-16-6-3-8-19-12-16;/h1,4-13H,2H3,(H,22,23,25);1,4-12H,2H3,(H,22,23,24);3-13H,1-2H3,(H,21,22,24);3-11H,1-2H3,(H,21,22,23);1,3-12H,(H,21,22,23);2-12H,1H3,(H,20,21,22);1H4. The van der Waals surface area contributed by atoms with Gasteiger partial charge in [-0.3, -0.25) is 58.7 Å². The topological polar surface area (TPSA) is 424 Å². The van der Waals surface area contributed by atoms with E-state index in [0.717, 1.165) is 50.8 Å². The summed E-state index contributed by atoms with van der Waals surface area (Å²) in [6, 6.07) is 71.3. The van der Waals surface area contributed by atoms with Gasteiger partial charge in [0.2, 0.25) is 23.5 Å². The van der Waals surface area contributed by atoms with Crippen LogP contribution in [0.15, 0.2) is 367 Å². The molecule has 0 fully saturated rings. The number of benzene rings is 6. The Balaban J connectivity index is 0.000000156. The lowest BCUT2D eigenvalue weighted by atomic mass is 10.1. The summed E-state index contributed by atoms with van der Waals surface area (Å²) >= 11 is 0. The lowest BCUT2D eigenvalue weighted by Gasteiger charge is -2.19. The second kappa shape index (κ2) is 53.2. The van der Waals surface area contributed by atoms with E-state index in [4.69, 9.17) is 38.2 Å². The SMILES string of the molecule is C.C#Cc1cccc(C(=O)Nc2cc(N(C)c3cncnc3)ccn2)c1.C#Cc1cccc(C(=O)Nc2ccnc(Oc3cncnc3)c2)c1.C#Cc1cccc(C(=O)Nc2cncc(Oc3ccc(C)nc3)n2)c1.Cc1cccc(C(=O)Nc2cc(N(C)c3cccnc3)ccn2)c1.Cc1cccc(C(=O)Nc2ccnc(Oc3cccnc3)c2)c1.Cc1cccc(C(=O)Nc2cncc(Oc3ccc(C)nc3)n2)c1. The molecule has 0 radical (unpaired) electrons. The normalized spacial score (nSPS) is 9.97. The molecule has 12 aromatic heterocycles. The number of hydrogen-bond acceptors (Lipinski definition) is 28. The molecule has 0 aliphatic rings. The molecule has 0 unspecified atom stereocenters. The van der Waals surface area contributed by atoms with E-state index in [-0.39, 0.29) is 60.4 Å². The van der Waals surface area contributed by atoms with Gasteiger partial charge < -0.3 is 60.6 Å². The first-order chi connectivity index (χ1) is 70.5. The van der Waals surface area contributed by atoms with Crippen LogP contribution in [0.4, 0.5) is 57.4 Å². The van der Waals surface area contributed by atoms with Crippen LogP contribution in [-0.4, -0.2) is 129 Å². The lowest BCUT2D eigenvalue weighted by molar-refractivity contribution is 0.101. The van der Waals surface area contributed by atoms with E-state index in [2.05, 4.69) is 129 Å². The first-order valence-electron chi connectivity index (χ1n) is 44.1. The Kier molecular flexibility index (Phi) is 37.9. The third kappa shape index (κ3) is 32.7. The third-order valence-electron chi connectivity index (χ3n) is 20.0. The number of terminal acetylenes is 3. The van der Waals surface area contributed by atoms with E-state index in [0.29, 0.717) is 114 Å². The molecule has 18 rings (SSSR count). The number of pyridine rings is 8. The highest BCUT2D eigenvalue weighted by molar-refractivity contribution is 6.07. The van der Waals surface area contributed by atoms with Gasteiger partial charge in [0.05, 0.1) is 85.7 Å². The minimum Gasteiger partial charge on any atom is -0.437 e. The fourth-order valence-electron chi connectivity index (χ4n) is 12.7. The van der Waals surface area contributed by atoms with E-state index in [1.54, 1.807) is 220 Å². The van der Waals surface area contributed by atoms with Crippen LogP contribution < -0.4 is 60.6 Å². The van der Waals surface area contributed by atoms with Gasteiger partial charge >= 0.3 is 0 Å². The van der Waals surface area contributed by atoms with Crippen LogP contribution in [0, 0.1) is 71.7 Å². The summed E-state index contributed by atoms with van der Waals surface area (Å²) < 4.78 is 22.3. The summed E-state index contributed by atoms with van der Waals surface area (Å²) in [6.07, 6.45) is 47.6. The molecular weight excluding hydrogens is 1840 g/mol. The van der Waals surface area contributed by atoms with Gasteiger partial charge in [-0.15, -0.1) is 19.3 Å². The van der Waals surface area contributed by atoms with Crippen molar-refractivity contribution < 1.29 is 47.7 Å². The van der Waals surface area contributed by atoms with Gasteiger partial charge in [0.15, 0.2) is 17.4 Å². The molecule has 0 atom stereocenters. The van der Waals surface area contributed by atoms with Crippen molar-refractivity contribution >= 4 is 92.8 Å². The number of aryl methyl sites for hydroxylation is 5. The van der Waals surface area contributed by atoms with Crippen molar-refractivity contribution in [3.05, 3.63) is 445 Å². The second-order valence-corrected chi connectivity index (χ2v) is 30.9. The van der Waals surface area contributed by atoms with Gasteiger partial charge in [-0.2, -0.15) is 9.97 Å². The lowest BCUT2D eigenvalue weighted by Crippen LogP contribution is -2.15. The molecule has 6 amide bonds. The Morgan fingerprint density at radius 2 is 0.610 bits per heavy atom. The quantitative estimate of drug-likeness (QED) is 0.0306. The molecule has 0 saturated heterocycles. The van der Waals surface area contributed by atoms with Gasteiger partial charge in [0.25, 0.3) is 35.4 Å². The second-order valence-electron chi connectivity index (χ2n) is 30.9. The smallest absolute Gasteiger partial charge is 0.256 e. The highest BCUT2D eigenvalue weighted by Crippen LogP contribution is 2.30. The van der Waals surface area contributed by atoms with Crippen molar-refractivity contribution in [2.75, 3.05) is 55.8 Å². The highest BCUT2D eigenvalue weighted by Gasteiger charge is 2.18. The number of nitrogens with zero attached hydrogens (tertiary/aromatic N) is 18. The number of carbonyl (C=O) groups is 6. The van der Waals surface area contributed by atoms with E-state index >= 15 is 0 Å². The summed E-state index contributed by atoms with van der Waals surface area (Å²) in [7, 11) is 3.83. The van der Waals surface area contributed by atoms with Gasteiger partial charge in [-0.25, -0.2) is 39.9 Å². The predicted molar refractivity (Wildman–Crippen MR) is 559 cm³/mol. The molecule has 18 aromatic rings. The highest BCUT2D eigenvalue weighted by atomic mass is 16.5. The largest absolute Gasteiger partial charge is 0.437 e. The Morgan fingerprint density at radius 1 is 0.267 bits per heavy atom. The van der Waals surface area contributed by atoms with E-state index in [9.17, 15) is 28.8 Å². The average molecular weight is 1940 g/mol. The van der Waals surface area contributed by atoms with Crippen LogP contribution in [0.2, 0.25) is 0 Å². The number of amides is 6. The number of nitrogens with one attached hydrogen (secondary N) is 6. The third-order valence-corrected chi connectivity index (χ3v) is 20.0. The summed E-state index contributed by atoms with van der Waals surface area (Å²) in [6.45, 7) is 9.61. The van der Waals surface area contributed by atoms with Crippen molar-refractivity contribution in [1.29, 1.82) is 0 Å². The van der Waals surface area contributed by atoms with Crippen LogP contribution in [-0.2, 0) is 0 Å². The number of rotatable bonds is 24. The number of ether oxygens (including phenoxy) is 4. The Morgan fingerprint density at radius 3 is 0.993 bits per heavy atom. The Labute approximate surface area is 841 Å². The Hall–Kier alpha value is -20.9. The van der Waals surface area contributed by atoms with Crippen molar-refractivity contribution in [2.24, 2.45) is 0 Å². The van der Waals surface area contributed by atoms with E-state index < -0.39 is 0 Å². The molecule has 34 nitrogen and oxygen atoms in total. The van der Waals surface area contributed by atoms with Gasteiger partial charge in [0.1, 0.15) is 41.5 Å². The summed E-state index contributed by atoms with van der Waals surface area (Å²) in [5, 5.41) is 16.6. The fraction of sp³-hybridized carbons (Fsp3) is 0.0714. The molecule has 0 aliphatic heterocycles. The molecular formula is C112H94N24O10. The van der Waals surface area contributed by atoms with Crippen LogP contribution >= 0.6 is 0 Å². The maximum Gasteiger partial charge on any atom is 0.256 e.